The number of ether oxygens (including phenoxy) is 1. The highest BCUT2D eigenvalue weighted by atomic mass is 32.1. The number of hydrogen-bond acceptors (Lipinski definition) is 4. The molecule has 0 aliphatic heterocycles. The van der Waals surface area contributed by atoms with E-state index in [1.54, 1.807) is 17.6 Å². The molecule has 5 heteroatoms. The zero-order valence-electron chi connectivity index (χ0n) is 16.3. The lowest BCUT2D eigenvalue weighted by Crippen LogP contribution is -2.32. The standard InChI is InChI=1S/C24H23NO3S/c1-2-27-22-12-11-18-7-3-4-10-21(18)23(22)24(26)25(17-19-8-5-15-28-19)14-13-20-9-6-16-29-20/h3-12,15-16H,2,13-14,17H2,1H3. The molecular weight excluding hydrogens is 382 g/mol. The molecule has 4 rings (SSSR count). The van der Waals surface area contributed by atoms with Crippen molar-refractivity contribution in [3.8, 4) is 5.75 Å². The van der Waals surface area contributed by atoms with Gasteiger partial charge in [0, 0.05) is 11.4 Å². The van der Waals surface area contributed by atoms with Crippen molar-refractivity contribution in [3.63, 3.8) is 0 Å². The first-order chi connectivity index (χ1) is 14.3. The SMILES string of the molecule is CCOc1ccc2ccccc2c1C(=O)N(CCc1cccs1)Cc1ccco1. The molecule has 0 aliphatic carbocycles. The van der Waals surface area contributed by atoms with Gasteiger partial charge in [-0.3, -0.25) is 4.79 Å². The van der Waals surface area contributed by atoms with E-state index in [9.17, 15) is 4.79 Å². The van der Waals surface area contributed by atoms with Crippen LogP contribution in [0, 0.1) is 0 Å². The number of carbonyl (C=O) groups is 1. The van der Waals surface area contributed by atoms with Crippen molar-refractivity contribution in [2.24, 2.45) is 0 Å². The van der Waals surface area contributed by atoms with E-state index in [0.29, 0.717) is 31.0 Å². The predicted molar refractivity (Wildman–Crippen MR) is 117 cm³/mol. The average molecular weight is 406 g/mol. The third-order valence-electron chi connectivity index (χ3n) is 4.83. The molecule has 0 N–H and O–H groups in total. The van der Waals surface area contributed by atoms with Gasteiger partial charge in [0.1, 0.15) is 11.5 Å². The Kier molecular flexibility index (Phi) is 5.96. The lowest BCUT2D eigenvalue weighted by Gasteiger charge is -2.24. The van der Waals surface area contributed by atoms with E-state index >= 15 is 0 Å². The van der Waals surface area contributed by atoms with Gasteiger partial charge in [-0.25, -0.2) is 0 Å². The predicted octanol–water partition coefficient (Wildman–Crippen LogP) is 5.78. The second-order valence-corrected chi connectivity index (χ2v) is 7.76. The topological polar surface area (TPSA) is 42.7 Å². The molecule has 4 aromatic rings. The number of amides is 1. The molecule has 29 heavy (non-hydrogen) atoms. The largest absolute Gasteiger partial charge is 0.493 e. The zero-order valence-corrected chi connectivity index (χ0v) is 17.2. The van der Waals surface area contributed by atoms with Crippen LogP contribution in [0.25, 0.3) is 10.8 Å². The highest BCUT2D eigenvalue weighted by Gasteiger charge is 2.23. The summed E-state index contributed by atoms with van der Waals surface area (Å²) in [6, 6.07) is 19.7. The summed E-state index contributed by atoms with van der Waals surface area (Å²) in [5.74, 6) is 1.35. The zero-order chi connectivity index (χ0) is 20.1. The highest BCUT2D eigenvalue weighted by molar-refractivity contribution is 7.09. The fourth-order valence-corrected chi connectivity index (χ4v) is 4.15. The molecule has 4 nitrogen and oxygen atoms in total. The van der Waals surface area contributed by atoms with Crippen LogP contribution in [0.5, 0.6) is 5.75 Å². The van der Waals surface area contributed by atoms with Gasteiger partial charge < -0.3 is 14.1 Å². The van der Waals surface area contributed by atoms with Gasteiger partial charge in [0.05, 0.1) is 25.0 Å². The average Bonchev–Trinajstić information content (AvgIpc) is 3.45. The smallest absolute Gasteiger partial charge is 0.258 e. The Morgan fingerprint density at radius 3 is 2.72 bits per heavy atom. The number of rotatable bonds is 8. The first kappa shape index (κ1) is 19.3. The second-order valence-electron chi connectivity index (χ2n) is 6.73. The molecule has 2 aromatic carbocycles. The monoisotopic (exact) mass is 405 g/mol. The van der Waals surface area contributed by atoms with Crippen LogP contribution >= 0.6 is 11.3 Å². The molecule has 0 bridgehead atoms. The maximum absolute atomic E-state index is 13.7. The van der Waals surface area contributed by atoms with Crippen molar-refractivity contribution in [3.05, 3.63) is 88.5 Å². The lowest BCUT2D eigenvalue weighted by molar-refractivity contribution is 0.0732. The van der Waals surface area contributed by atoms with E-state index in [4.69, 9.17) is 9.15 Å². The van der Waals surface area contributed by atoms with Gasteiger partial charge in [-0.05, 0) is 53.8 Å². The summed E-state index contributed by atoms with van der Waals surface area (Å²) in [5.41, 5.74) is 0.614. The first-order valence-electron chi connectivity index (χ1n) is 9.75. The van der Waals surface area contributed by atoms with Crippen molar-refractivity contribution >= 4 is 28.0 Å². The maximum atomic E-state index is 13.7. The van der Waals surface area contributed by atoms with Crippen LogP contribution in [0.1, 0.15) is 27.9 Å². The van der Waals surface area contributed by atoms with Gasteiger partial charge in [0.15, 0.2) is 0 Å². The molecule has 0 saturated carbocycles. The van der Waals surface area contributed by atoms with E-state index in [2.05, 4.69) is 11.4 Å². The van der Waals surface area contributed by atoms with E-state index in [1.165, 1.54) is 4.88 Å². The van der Waals surface area contributed by atoms with Crippen molar-refractivity contribution < 1.29 is 13.9 Å². The van der Waals surface area contributed by atoms with Crippen LogP contribution in [0.15, 0.2) is 76.7 Å². The van der Waals surface area contributed by atoms with Gasteiger partial charge >= 0.3 is 0 Å². The van der Waals surface area contributed by atoms with Gasteiger partial charge in [0.25, 0.3) is 5.91 Å². The number of furan rings is 1. The summed E-state index contributed by atoms with van der Waals surface area (Å²) in [7, 11) is 0. The number of hydrogen-bond donors (Lipinski definition) is 0. The van der Waals surface area contributed by atoms with Crippen LogP contribution in [-0.4, -0.2) is 24.0 Å². The number of carbonyl (C=O) groups excluding carboxylic acids is 1. The molecule has 0 radical (unpaired) electrons. The minimum atomic E-state index is -0.0433. The third-order valence-corrected chi connectivity index (χ3v) is 5.76. The summed E-state index contributed by atoms with van der Waals surface area (Å²) in [6.07, 6.45) is 2.44. The quantitative estimate of drug-likeness (QED) is 0.373. The van der Waals surface area contributed by atoms with Gasteiger partial charge in [-0.1, -0.05) is 36.4 Å². The number of thiophene rings is 1. The minimum Gasteiger partial charge on any atom is -0.493 e. The Bertz CT molecular complexity index is 1070. The first-order valence-corrected chi connectivity index (χ1v) is 10.6. The molecule has 1 amide bonds. The summed E-state index contributed by atoms with van der Waals surface area (Å²) in [6.45, 7) is 3.47. The van der Waals surface area contributed by atoms with Crippen LogP contribution in [0.4, 0.5) is 0 Å². The molecule has 2 aromatic heterocycles. The molecular formula is C24H23NO3S. The van der Waals surface area contributed by atoms with Gasteiger partial charge in [-0.15, -0.1) is 11.3 Å². The maximum Gasteiger partial charge on any atom is 0.258 e. The Balaban J connectivity index is 1.71. The summed E-state index contributed by atoms with van der Waals surface area (Å²) < 4.78 is 11.4. The molecule has 0 spiro atoms. The van der Waals surface area contributed by atoms with Gasteiger partial charge in [-0.2, -0.15) is 0 Å². The number of nitrogens with zero attached hydrogens (tertiary/aromatic N) is 1. The molecule has 148 valence electrons. The molecule has 2 heterocycles. The fraction of sp³-hybridized carbons (Fsp3) is 0.208. The molecule has 0 atom stereocenters. The van der Waals surface area contributed by atoms with E-state index in [0.717, 1.165) is 23.0 Å². The normalized spacial score (nSPS) is 10.9. The Morgan fingerprint density at radius 1 is 1.07 bits per heavy atom. The molecule has 0 aliphatic rings. The molecule has 0 saturated heterocycles. The van der Waals surface area contributed by atoms with Crippen LogP contribution in [0.2, 0.25) is 0 Å². The third kappa shape index (κ3) is 4.35. The minimum absolute atomic E-state index is 0.0433. The van der Waals surface area contributed by atoms with Crippen molar-refractivity contribution in [2.45, 2.75) is 19.9 Å². The highest BCUT2D eigenvalue weighted by Crippen LogP contribution is 2.30. The summed E-state index contributed by atoms with van der Waals surface area (Å²) in [5, 5.41) is 3.99. The Hall–Kier alpha value is -3.05. The summed E-state index contributed by atoms with van der Waals surface area (Å²) in [4.78, 5) is 16.9. The Labute approximate surface area is 174 Å². The van der Waals surface area contributed by atoms with Crippen LogP contribution in [-0.2, 0) is 13.0 Å². The van der Waals surface area contributed by atoms with Crippen LogP contribution in [0.3, 0.4) is 0 Å². The lowest BCUT2D eigenvalue weighted by atomic mass is 10.0. The fourth-order valence-electron chi connectivity index (χ4n) is 3.45. The van der Waals surface area contributed by atoms with Crippen molar-refractivity contribution in [2.75, 3.05) is 13.2 Å². The van der Waals surface area contributed by atoms with Gasteiger partial charge in [0.2, 0.25) is 0 Å². The Morgan fingerprint density at radius 2 is 1.97 bits per heavy atom. The number of benzene rings is 2. The summed E-state index contributed by atoms with van der Waals surface area (Å²) >= 11 is 1.71. The van der Waals surface area contributed by atoms with Crippen molar-refractivity contribution in [1.29, 1.82) is 0 Å². The van der Waals surface area contributed by atoms with E-state index in [1.807, 2.05) is 66.4 Å². The van der Waals surface area contributed by atoms with E-state index < -0.39 is 0 Å². The number of fused-ring (bicyclic) bond motifs is 1. The molecule has 0 fully saturated rings. The molecule has 0 unspecified atom stereocenters. The van der Waals surface area contributed by atoms with Crippen LogP contribution < -0.4 is 4.74 Å². The van der Waals surface area contributed by atoms with Crippen molar-refractivity contribution in [1.82, 2.24) is 4.90 Å². The van der Waals surface area contributed by atoms with E-state index in [-0.39, 0.29) is 5.91 Å². The second kappa shape index (κ2) is 8.97.